The third-order valence-electron chi connectivity index (χ3n) is 4.71. The van der Waals surface area contributed by atoms with Crippen LogP contribution in [0.1, 0.15) is 28.4 Å². The van der Waals surface area contributed by atoms with Crippen LogP contribution in [0.4, 0.5) is 0 Å². The molecule has 0 bridgehead atoms. The number of carbonyl (C=O) groups is 2. The van der Waals surface area contributed by atoms with Crippen molar-refractivity contribution in [2.24, 2.45) is 5.73 Å². The molecule has 0 radical (unpaired) electrons. The maximum absolute atomic E-state index is 12.9. The summed E-state index contributed by atoms with van der Waals surface area (Å²) in [6.07, 6.45) is 3.86. The fraction of sp³-hybridized carbons (Fsp3) is 0.350. The third-order valence-corrected chi connectivity index (χ3v) is 4.71. The molecular formula is C20H23N3O4. The second kappa shape index (κ2) is 7.75. The second-order valence-electron chi connectivity index (χ2n) is 6.74. The van der Waals surface area contributed by atoms with E-state index < -0.39 is 11.5 Å². The molecule has 142 valence electrons. The van der Waals surface area contributed by atoms with Gasteiger partial charge in [0.25, 0.3) is 11.8 Å². The number of nitrogens with zero attached hydrogens (tertiary/aromatic N) is 2. The highest BCUT2D eigenvalue weighted by Crippen LogP contribution is 2.22. The monoisotopic (exact) mass is 369 g/mol. The molecule has 2 heterocycles. The van der Waals surface area contributed by atoms with Crippen LogP contribution in [0.3, 0.4) is 0 Å². The van der Waals surface area contributed by atoms with Crippen LogP contribution in [0, 0.1) is 0 Å². The summed E-state index contributed by atoms with van der Waals surface area (Å²) in [6.45, 7) is 2.39. The summed E-state index contributed by atoms with van der Waals surface area (Å²) in [5.41, 5.74) is 6.62. The zero-order valence-corrected chi connectivity index (χ0v) is 15.5. The van der Waals surface area contributed by atoms with Crippen molar-refractivity contribution in [2.45, 2.75) is 18.9 Å². The molecular weight excluding hydrogens is 346 g/mol. The van der Waals surface area contributed by atoms with Crippen LogP contribution in [0.25, 0.3) is 0 Å². The largest absolute Gasteiger partial charge is 0.496 e. The van der Waals surface area contributed by atoms with Gasteiger partial charge in [0.15, 0.2) is 5.60 Å². The summed E-state index contributed by atoms with van der Waals surface area (Å²) in [5.74, 6) is 0.0165. The third kappa shape index (κ3) is 4.09. The van der Waals surface area contributed by atoms with Crippen LogP contribution in [0.5, 0.6) is 5.75 Å². The smallest absolute Gasteiger partial charge is 0.255 e. The van der Waals surface area contributed by atoms with E-state index in [9.17, 15) is 9.59 Å². The van der Waals surface area contributed by atoms with Gasteiger partial charge in [-0.15, -0.1) is 0 Å². The predicted molar refractivity (Wildman–Crippen MR) is 99.5 cm³/mol. The second-order valence-corrected chi connectivity index (χ2v) is 6.74. The Morgan fingerprint density at radius 2 is 2.11 bits per heavy atom. The van der Waals surface area contributed by atoms with Crippen LogP contribution < -0.4 is 10.5 Å². The molecule has 0 aliphatic carbocycles. The highest BCUT2D eigenvalue weighted by atomic mass is 16.5. The summed E-state index contributed by atoms with van der Waals surface area (Å²) >= 11 is 0. The fourth-order valence-electron chi connectivity index (χ4n) is 3.15. The molecule has 27 heavy (non-hydrogen) atoms. The molecule has 7 nitrogen and oxygen atoms in total. The Balaban J connectivity index is 1.79. The first kappa shape index (κ1) is 18.8. The van der Waals surface area contributed by atoms with Gasteiger partial charge in [-0.2, -0.15) is 0 Å². The Labute approximate surface area is 158 Å². The van der Waals surface area contributed by atoms with Gasteiger partial charge >= 0.3 is 0 Å². The van der Waals surface area contributed by atoms with Crippen molar-refractivity contribution >= 4 is 11.8 Å². The number of ether oxygens (including phenoxy) is 2. The Morgan fingerprint density at radius 3 is 2.85 bits per heavy atom. The fourth-order valence-corrected chi connectivity index (χ4v) is 3.15. The number of benzene rings is 1. The first-order valence-electron chi connectivity index (χ1n) is 8.72. The van der Waals surface area contributed by atoms with Crippen molar-refractivity contribution in [3.05, 3.63) is 59.4 Å². The van der Waals surface area contributed by atoms with E-state index in [1.54, 1.807) is 25.1 Å². The van der Waals surface area contributed by atoms with E-state index in [0.29, 0.717) is 18.5 Å². The van der Waals surface area contributed by atoms with Gasteiger partial charge in [-0.1, -0.05) is 18.2 Å². The van der Waals surface area contributed by atoms with Crippen LogP contribution in [-0.4, -0.2) is 54.1 Å². The molecule has 1 fully saturated rings. The molecule has 1 aromatic heterocycles. The summed E-state index contributed by atoms with van der Waals surface area (Å²) in [4.78, 5) is 30.3. The van der Waals surface area contributed by atoms with E-state index >= 15 is 0 Å². The van der Waals surface area contributed by atoms with Crippen molar-refractivity contribution in [3.63, 3.8) is 0 Å². The number of amides is 2. The van der Waals surface area contributed by atoms with Gasteiger partial charge in [0, 0.05) is 25.4 Å². The molecule has 1 aromatic carbocycles. The van der Waals surface area contributed by atoms with Crippen LogP contribution in [0.2, 0.25) is 0 Å². The molecule has 2 N–H and O–H groups in total. The van der Waals surface area contributed by atoms with Crippen molar-refractivity contribution in [1.29, 1.82) is 0 Å². The van der Waals surface area contributed by atoms with Gasteiger partial charge in [0.2, 0.25) is 0 Å². The van der Waals surface area contributed by atoms with Gasteiger partial charge in [-0.3, -0.25) is 14.6 Å². The van der Waals surface area contributed by atoms with Crippen molar-refractivity contribution in [3.8, 4) is 5.75 Å². The van der Waals surface area contributed by atoms with E-state index in [0.717, 1.165) is 16.9 Å². The lowest BCUT2D eigenvalue weighted by molar-refractivity contribution is -0.150. The quantitative estimate of drug-likeness (QED) is 0.860. The number of hydrogen-bond donors (Lipinski definition) is 1. The number of methoxy groups -OCH3 is 1. The Bertz CT molecular complexity index is 855. The number of morpholine rings is 1. The van der Waals surface area contributed by atoms with Crippen molar-refractivity contribution in [2.75, 3.05) is 26.8 Å². The zero-order valence-electron chi connectivity index (χ0n) is 15.5. The number of aromatic nitrogens is 1. The number of rotatable bonds is 5. The number of primary amides is 1. The van der Waals surface area contributed by atoms with Crippen LogP contribution in [0.15, 0.2) is 42.7 Å². The summed E-state index contributed by atoms with van der Waals surface area (Å²) in [7, 11) is 1.63. The summed E-state index contributed by atoms with van der Waals surface area (Å²) in [6, 6.07) is 9.55. The lowest BCUT2D eigenvalue weighted by atomic mass is 10.0. The summed E-state index contributed by atoms with van der Waals surface area (Å²) < 4.78 is 10.9. The molecule has 0 spiro atoms. The molecule has 0 saturated carbocycles. The highest BCUT2D eigenvalue weighted by Gasteiger charge is 2.39. The lowest BCUT2D eigenvalue weighted by Crippen LogP contribution is -2.58. The van der Waals surface area contributed by atoms with Gasteiger partial charge in [0.05, 0.1) is 25.8 Å². The van der Waals surface area contributed by atoms with E-state index in [1.165, 1.54) is 6.20 Å². The number of para-hydroxylation sites is 1. The molecule has 0 unspecified atom stereocenters. The minimum Gasteiger partial charge on any atom is -0.496 e. The van der Waals surface area contributed by atoms with Crippen molar-refractivity contribution < 1.29 is 19.1 Å². The Hall–Kier alpha value is -2.93. The molecule has 2 aromatic rings. The minimum absolute atomic E-state index is 0.123. The standard InChI is InChI=1S/C20H23N3O4/c1-20(19(21)25)13-23(7-8-27-20)18(24)16-10-14(11-22-12-16)9-15-5-3-4-6-17(15)26-2/h3-6,10-12H,7-9,13H2,1-2H3,(H2,21,25)/t20-/m0/s1. The maximum Gasteiger partial charge on any atom is 0.255 e. The van der Waals surface area contributed by atoms with Crippen LogP contribution in [-0.2, 0) is 16.0 Å². The number of hydrogen-bond acceptors (Lipinski definition) is 5. The Morgan fingerprint density at radius 1 is 1.33 bits per heavy atom. The molecule has 1 aliphatic heterocycles. The zero-order chi connectivity index (χ0) is 19.4. The molecule has 7 heteroatoms. The maximum atomic E-state index is 12.9. The highest BCUT2D eigenvalue weighted by molar-refractivity contribution is 5.95. The van der Waals surface area contributed by atoms with E-state index in [1.807, 2.05) is 30.3 Å². The SMILES string of the molecule is COc1ccccc1Cc1cncc(C(=O)N2CCO[C@](C)(C(N)=O)C2)c1. The van der Waals surface area contributed by atoms with Gasteiger partial charge in [0.1, 0.15) is 5.75 Å². The van der Waals surface area contributed by atoms with Crippen LogP contribution >= 0.6 is 0 Å². The number of nitrogens with two attached hydrogens (primary N) is 1. The summed E-state index contributed by atoms with van der Waals surface area (Å²) in [5, 5.41) is 0. The van der Waals surface area contributed by atoms with E-state index in [2.05, 4.69) is 4.98 Å². The predicted octanol–water partition coefficient (Wildman–Crippen LogP) is 1.40. The lowest BCUT2D eigenvalue weighted by Gasteiger charge is -2.38. The van der Waals surface area contributed by atoms with E-state index in [-0.39, 0.29) is 19.1 Å². The topological polar surface area (TPSA) is 94.8 Å². The first-order chi connectivity index (χ1) is 12.9. The first-order valence-corrected chi connectivity index (χ1v) is 8.72. The minimum atomic E-state index is -1.17. The van der Waals surface area contributed by atoms with Gasteiger partial charge < -0.3 is 20.1 Å². The molecule has 1 aliphatic rings. The normalized spacial score (nSPS) is 19.6. The molecule has 1 saturated heterocycles. The van der Waals surface area contributed by atoms with Gasteiger partial charge in [-0.25, -0.2) is 0 Å². The van der Waals surface area contributed by atoms with E-state index in [4.69, 9.17) is 15.2 Å². The average Bonchev–Trinajstić information content (AvgIpc) is 2.68. The Kier molecular flexibility index (Phi) is 5.41. The molecule has 1 atom stereocenters. The molecule has 2 amide bonds. The van der Waals surface area contributed by atoms with Gasteiger partial charge in [-0.05, 0) is 30.2 Å². The number of pyridine rings is 1. The molecule has 3 rings (SSSR count). The number of carbonyl (C=O) groups excluding carboxylic acids is 2. The van der Waals surface area contributed by atoms with Crippen molar-refractivity contribution in [1.82, 2.24) is 9.88 Å². The average molecular weight is 369 g/mol.